The highest BCUT2D eigenvalue weighted by atomic mass is 19.3. The van der Waals surface area contributed by atoms with Gasteiger partial charge in [0, 0.05) is 61.9 Å². The maximum atomic E-state index is 15.8. The number of halogens is 3. The number of carbonyl (C=O) groups is 2. The van der Waals surface area contributed by atoms with E-state index in [2.05, 4.69) is 9.64 Å². The number of phenols is 1. The smallest absolute Gasteiger partial charge is 0.387 e. The Bertz CT molecular complexity index is 2270. The van der Waals surface area contributed by atoms with E-state index < -0.39 is 30.0 Å². The molecule has 1 N–H and O–H groups in total. The first kappa shape index (κ1) is 39.4. The zero-order chi connectivity index (χ0) is 40.4. The molecule has 1 aromatic heterocycles. The lowest BCUT2D eigenvalue weighted by Gasteiger charge is -2.40. The largest absolute Gasteiger partial charge is 0.508 e. The van der Waals surface area contributed by atoms with E-state index in [1.54, 1.807) is 53.6 Å². The monoisotopic (exact) mass is 782 g/mol. The first-order chi connectivity index (χ1) is 27.4. The van der Waals surface area contributed by atoms with Gasteiger partial charge in [-0.2, -0.15) is 8.78 Å². The molecule has 298 valence electrons. The Hall–Kier alpha value is -5.79. The molecule has 1 atom stereocenters. The molecule has 2 aliphatic heterocycles. The molecule has 0 unspecified atom stereocenters. The summed E-state index contributed by atoms with van der Waals surface area (Å²) < 4.78 is 60.4. The molecule has 0 bridgehead atoms. The number of ether oxygens (including phenoxy) is 3. The second-order valence-electron chi connectivity index (χ2n) is 14.4. The summed E-state index contributed by atoms with van der Waals surface area (Å²) in [6, 6.07) is 23.1. The van der Waals surface area contributed by atoms with Crippen LogP contribution in [0.2, 0.25) is 0 Å². The van der Waals surface area contributed by atoms with E-state index in [0.29, 0.717) is 62.1 Å². The number of aromatic hydroxyl groups is 1. The van der Waals surface area contributed by atoms with Gasteiger partial charge in [0.2, 0.25) is 0 Å². The number of methoxy groups -OCH3 is 1. The van der Waals surface area contributed by atoms with Crippen molar-refractivity contribution in [2.24, 2.45) is 7.05 Å². The van der Waals surface area contributed by atoms with Crippen molar-refractivity contribution in [1.29, 1.82) is 0 Å². The van der Waals surface area contributed by atoms with Crippen LogP contribution in [-0.2, 0) is 31.3 Å². The Balaban J connectivity index is 1.31. The van der Waals surface area contributed by atoms with E-state index >= 15 is 4.39 Å². The number of aromatic nitrogens is 1. The van der Waals surface area contributed by atoms with Crippen LogP contribution >= 0.6 is 0 Å². The van der Waals surface area contributed by atoms with Crippen molar-refractivity contribution in [3.63, 3.8) is 0 Å². The molecule has 5 aromatic rings. The summed E-state index contributed by atoms with van der Waals surface area (Å²) in [4.78, 5) is 35.2. The summed E-state index contributed by atoms with van der Waals surface area (Å²) in [5, 5.41) is 10.1. The molecule has 0 saturated carbocycles. The highest BCUT2D eigenvalue weighted by molar-refractivity contribution is 6.08. The molecule has 7 rings (SSSR count). The summed E-state index contributed by atoms with van der Waals surface area (Å²) in [5.41, 5.74) is 5.44. The number of alkyl halides is 2. The zero-order valence-electron chi connectivity index (χ0n) is 32.3. The molecule has 0 spiro atoms. The standard InChI is InChI=1S/C44H45F3N4O6/c1-27-30(10-7-11-40(27)55-4)24-50(32-12-14-34(52)15-13-32)42(53)35-22-39(48(3)28(35)2)36-21-38(45)41(57-44(46)47)23-37(36)43(54)51-25-31-9-6-5-8-29(31)20-33(51)26-49-16-18-56-19-17-49/h5-15,21-23,33,44,52H,16-20,24-26H2,1-4H3/t33-/m0/s1. The summed E-state index contributed by atoms with van der Waals surface area (Å²) in [5.74, 6) is -2.03. The average Bonchev–Trinajstić information content (AvgIpc) is 3.50. The van der Waals surface area contributed by atoms with Gasteiger partial charge >= 0.3 is 6.61 Å². The summed E-state index contributed by atoms with van der Waals surface area (Å²) in [6.45, 7) is 3.83. The van der Waals surface area contributed by atoms with E-state index in [4.69, 9.17) is 9.47 Å². The second-order valence-corrected chi connectivity index (χ2v) is 14.4. The lowest BCUT2D eigenvalue weighted by Crippen LogP contribution is -2.52. The predicted octanol–water partition coefficient (Wildman–Crippen LogP) is 7.51. The van der Waals surface area contributed by atoms with E-state index in [9.17, 15) is 23.5 Å². The van der Waals surface area contributed by atoms with E-state index in [1.807, 2.05) is 49.4 Å². The number of nitrogens with zero attached hydrogens (tertiary/aromatic N) is 4. The van der Waals surface area contributed by atoms with Crippen LogP contribution in [0.15, 0.2) is 84.9 Å². The Morgan fingerprint density at radius 1 is 0.930 bits per heavy atom. The number of anilines is 1. The first-order valence-corrected chi connectivity index (χ1v) is 18.8. The topological polar surface area (TPSA) is 96.7 Å². The van der Waals surface area contributed by atoms with Crippen molar-refractivity contribution >= 4 is 17.5 Å². The number of benzene rings is 4. The van der Waals surface area contributed by atoms with Gasteiger partial charge in [-0.3, -0.25) is 14.5 Å². The Morgan fingerprint density at radius 3 is 2.35 bits per heavy atom. The minimum absolute atomic E-state index is 0.0322. The summed E-state index contributed by atoms with van der Waals surface area (Å²) in [6.07, 6.45) is 0.567. The number of rotatable bonds is 11. The SMILES string of the molecule is COc1cccc(CN(C(=O)c2cc(-c3cc(F)c(OC(F)F)cc3C(=O)N3Cc4ccccc4C[C@H]3CN3CCOCC3)n(C)c2C)c2ccc(O)cc2)c1C. The number of fused-ring (bicyclic) bond motifs is 1. The van der Waals surface area contributed by atoms with Gasteiger partial charge in [0.25, 0.3) is 11.8 Å². The first-order valence-electron chi connectivity index (χ1n) is 18.8. The highest BCUT2D eigenvalue weighted by Crippen LogP contribution is 2.37. The number of phenolic OH excluding ortho intramolecular Hbond substituents is 1. The minimum Gasteiger partial charge on any atom is -0.508 e. The fourth-order valence-electron chi connectivity index (χ4n) is 7.81. The fraction of sp³-hybridized carbons (Fsp3) is 0.318. The quantitative estimate of drug-likeness (QED) is 0.148. The molecular formula is C44H45F3N4O6. The van der Waals surface area contributed by atoms with Crippen molar-refractivity contribution in [2.75, 3.05) is 44.9 Å². The van der Waals surface area contributed by atoms with Crippen LogP contribution in [0.5, 0.6) is 17.2 Å². The third-order valence-electron chi connectivity index (χ3n) is 11.1. The molecule has 57 heavy (non-hydrogen) atoms. The second kappa shape index (κ2) is 16.7. The molecule has 1 saturated heterocycles. The predicted molar refractivity (Wildman–Crippen MR) is 210 cm³/mol. The van der Waals surface area contributed by atoms with Gasteiger partial charge in [-0.1, -0.05) is 36.4 Å². The van der Waals surface area contributed by atoms with Gasteiger partial charge in [-0.25, -0.2) is 4.39 Å². The molecule has 2 amide bonds. The van der Waals surface area contributed by atoms with Crippen LogP contribution in [0, 0.1) is 19.7 Å². The molecule has 0 radical (unpaired) electrons. The maximum absolute atomic E-state index is 15.8. The van der Waals surface area contributed by atoms with E-state index in [0.717, 1.165) is 34.4 Å². The van der Waals surface area contributed by atoms with Crippen LogP contribution in [0.25, 0.3) is 11.3 Å². The molecule has 0 aliphatic carbocycles. The number of carbonyl (C=O) groups excluding carboxylic acids is 2. The molecule has 1 fully saturated rings. The average molecular weight is 783 g/mol. The van der Waals surface area contributed by atoms with Gasteiger partial charge in [0.05, 0.1) is 38.0 Å². The van der Waals surface area contributed by atoms with Crippen LogP contribution in [-0.4, -0.2) is 83.9 Å². The molecule has 4 aromatic carbocycles. The highest BCUT2D eigenvalue weighted by Gasteiger charge is 2.35. The van der Waals surface area contributed by atoms with Gasteiger partial charge in [-0.05, 0) is 91.1 Å². The maximum Gasteiger partial charge on any atom is 0.387 e. The Morgan fingerprint density at radius 2 is 1.65 bits per heavy atom. The molecular weight excluding hydrogens is 737 g/mol. The Kier molecular flexibility index (Phi) is 11.6. The number of morpholine rings is 1. The normalized spacial score (nSPS) is 15.7. The molecule has 10 nitrogen and oxygen atoms in total. The van der Waals surface area contributed by atoms with Gasteiger partial charge in [0.1, 0.15) is 11.5 Å². The van der Waals surface area contributed by atoms with Crippen molar-refractivity contribution in [1.82, 2.24) is 14.4 Å². The van der Waals surface area contributed by atoms with Gasteiger partial charge in [0.15, 0.2) is 11.6 Å². The van der Waals surface area contributed by atoms with Crippen molar-refractivity contribution in [2.45, 2.75) is 46.0 Å². The minimum atomic E-state index is -3.33. The van der Waals surface area contributed by atoms with E-state index in [1.165, 1.54) is 12.1 Å². The number of hydrogen-bond donors (Lipinski definition) is 1. The number of amides is 2. The van der Waals surface area contributed by atoms with Crippen LogP contribution < -0.4 is 14.4 Å². The molecule has 13 heteroatoms. The Labute approximate surface area is 329 Å². The van der Waals surface area contributed by atoms with E-state index in [-0.39, 0.29) is 41.6 Å². The third-order valence-corrected chi connectivity index (χ3v) is 11.1. The van der Waals surface area contributed by atoms with Crippen molar-refractivity contribution in [3.8, 4) is 28.5 Å². The molecule has 3 heterocycles. The van der Waals surface area contributed by atoms with Crippen molar-refractivity contribution in [3.05, 3.63) is 130 Å². The number of hydrogen-bond acceptors (Lipinski definition) is 7. The summed E-state index contributed by atoms with van der Waals surface area (Å²) in [7, 11) is 3.28. The van der Waals surface area contributed by atoms with Crippen molar-refractivity contribution < 1.29 is 42.1 Å². The van der Waals surface area contributed by atoms with Gasteiger partial charge in [-0.15, -0.1) is 0 Å². The lowest BCUT2D eigenvalue weighted by molar-refractivity contribution is -0.0522. The van der Waals surface area contributed by atoms with Crippen LogP contribution in [0.4, 0.5) is 18.9 Å². The lowest BCUT2D eigenvalue weighted by atomic mass is 9.92. The summed E-state index contributed by atoms with van der Waals surface area (Å²) >= 11 is 0. The van der Waals surface area contributed by atoms with Gasteiger partial charge < -0.3 is 33.7 Å². The fourth-order valence-corrected chi connectivity index (χ4v) is 7.81. The third kappa shape index (κ3) is 8.21. The zero-order valence-corrected chi connectivity index (χ0v) is 32.3. The van der Waals surface area contributed by atoms with Crippen LogP contribution in [0.3, 0.4) is 0 Å². The van der Waals surface area contributed by atoms with Crippen LogP contribution in [0.1, 0.15) is 48.7 Å². The molecule has 2 aliphatic rings.